The number of thiazole rings is 1. The maximum atomic E-state index is 12.8. The summed E-state index contributed by atoms with van der Waals surface area (Å²) in [6.07, 6.45) is 0. The highest BCUT2D eigenvalue weighted by molar-refractivity contribution is 7.89. The minimum absolute atomic E-state index is 0.0710. The van der Waals surface area contributed by atoms with Crippen molar-refractivity contribution < 1.29 is 12.8 Å². The van der Waals surface area contributed by atoms with Gasteiger partial charge in [0.15, 0.2) is 0 Å². The van der Waals surface area contributed by atoms with E-state index in [0.29, 0.717) is 5.69 Å². The van der Waals surface area contributed by atoms with Crippen LogP contribution in [0.5, 0.6) is 0 Å². The number of hydrogen-bond donors (Lipinski definition) is 0. The zero-order chi connectivity index (χ0) is 13.2. The third-order valence-electron chi connectivity index (χ3n) is 2.39. The Labute approximate surface area is 109 Å². The maximum absolute atomic E-state index is 12.8. The molecule has 0 unspecified atom stereocenters. The summed E-state index contributed by atoms with van der Waals surface area (Å²) < 4.78 is 38.3. The van der Waals surface area contributed by atoms with Gasteiger partial charge in [-0.25, -0.2) is 17.8 Å². The lowest BCUT2D eigenvalue weighted by Crippen LogP contribution is -2.26. The van der Waals surface area contributed by atoms with Gasteiger partial charge in [-0.05, 0) is 24.3 Å². The van der Waals surface area contributed by atoms with Gasteiger partial charge in [0.25, 0.3) is 0 Å². The highest BCUT2D eigenvalue weighted by atomic mass is 32.2. The van der Waals surface area contributed by atoms with Crippen molar-refractivity contribution in [3.63, 3.8) is 0 Å². The fraction of sp³-hybridized carbons (Fsp3) is 0.182. The molecule has 0 aliphatic rings. The van der Waals surface area contributed by atoms with Crippen LogP contribution in [0.3, 0.4) is 0 Å². The largest absolute Gasteiger partial charge is 0.248 e. The van der Waals surface area contributed by atoms with Gasteiger partial charge in [0.2, 0.25) is 10.0 Å². The monoisotopic (exact) mass is 286 g/mol. The van der Waals surface area contributed by atoms with Crippen LogP contribution >= 0.6 is 11.3 Å². The molecule has 0 atom stereocenters. The van der Waals surface area contributed by atoms with Crippen LogP contribution in [-0.4, -0.2) is 24.8 Å². The van der Waals surface area contributed by atoms with Crippen LogP contribution in [0.25, 0.3) is 0 Å². The van der Waals surface area contributed by atoms with Crippen LogP contribution < -0.4 is 0 Å². The molecule has 18 heavy (non-hydrogen) atoms. The number of sulfonamides is 1. The molecule has 7 heteroatoms. The van der Waals surface area contributed by atoms with Gasteiger partial charge in [0.1, 0.15) is 5.82 Å². The van der Waals surface area contributed by atoms with Crippen LogP contribution in [0, 0.1) is 5.82 Å². The highest BCUT2D eigenvalue weighted by Gasteiger charge is 2.21. The molecule has 2 rings (SSSR count). The smallest absolute Gasteiger partial charge is 0.243 e. The summed E-state index contributed by atoms with van der Waals surface area (Å²) in [6, 6.07) is 4.76. The summed E-state index contributed by atoms with van der Waals surface area (Å²) in [6.45, 7) is 0.198. The first-order chi connectivity index (χ1) is 8.50. The van der Waals surface area contributed by atoms with Crippen LogP contribution in [-0.2, 0) is 16.6 Å². The van der Waals surface area contributed by atoms with Gasteiger partial charge in [-0.15, -0.1) is 11.3 Å². The molecular formula is C11H11FN2O2S2. The van der Waals surface area contributed by atoms with Crippen molar-refractivity contribution in [3.05, 3.63) is 46.7 Å². The van der Waals surface area contributed by atoms with Gasteiger partial charge >= 0.3 is 0 Å². The topological polar surface area (TPSA) is 50.3 Å². The van der Waals surface area contributed by atoms with E-state index in [1.54, 1.807) is 10.9 Å². The molecule has 2 aromatic rings. The van der Waals surface area contributed by atoms with E-state index in [1.165, 1.54) is 34.8 Å². The Balaban J connectivity index is 2.22. The van der Waals surface area contributed by atoms with Crippen molar-refractivity contribution in [3.8, 4) is 0 Å². The molecule has 0 saturated heterocycles. The number of aromatic nitrogens is 1. The Morgan fingerprint density at radius 2 is 2.00 bits per heavy atom. The molecule has 0 bridgehead atoms. The third kappa shape index (κ3) is 2.74. The van der Waals surface area contributed by atoms with E-state index in [1.807, 2.05) is 0 Å². The third-order valence-corrected chi connectivity index (χ3v) is 4.84. The summed E-state index contributed by atoms with van der Waals surface area (Å²) in [7, 11) is -2.13. The van der Waals surface area contributed by atoms with Crippen molar-refractivity contribution in [2.45, 2.75) is 11.4 Å². The molecule has 0 amide bonds. The molecule has 0 aliphatic carbocycles. The van der Waals surface area contributed by atoms with Crippen LogP contribution in [0.1, 0.15) is 5.69 Å². The van der Waals surface area contributed by atoms with E-state index < -0.39 is 15.8 Å². The molecule has 0 fully saturated rings. The zero-order valence-electron chi connectivity index (χ0n) is 9.58. The molecule has 0 saturated carbocycles. The summed E-state index contributed by atoms with van der Waals surface area (Å²) in [5.74, 6) is -0.462. The molecule has 96 valence electrons. The number of halogens is 1. The van der Waals surface area contributed by atoms with Gasteiger partial charge in [-0.1, -0.05) is 0 Å². The minimum Gasteiger partial charge on any atom is -0.248 e. The fourth-order valence-electron chi connectivity index (χ4n) is 1.42. The van der Waals surface area contributed by atoms with Crippen molar-refractivity contribution in [2.75, 3.05) is 7.05 Å². The fourth-order valence-corrected chi connectivity index (χ4v) is 3.11. The summed E-state index contributed by atoms with van der Waals surface area (Å²) in [5.41, 5.74) is 2.33. The second-order valence-electron chi connectivity index (χ2n) is 3.69. The first-order valence-electron chi connectivity index (χ1n) is 5.09. The molecular weight excluding hydrogens is 275 g/mol. The van der Waals surface area contributed by atoms with Gasteiger partial charge in [0, 0.05) is 12.4 Å². The number of rotatable bonds is 4. The van der Waals surface area contributed by atoms with Crippen molar-refractivity contribution in [1.29, 1.82) is 0 Å². The maximum Gasteiger partial charge on any atom is 0.243 e. The second kappa shape index (κ2) is 5.13. The van der Waals surface area contributed by atoms with Crippen LogP contribution in [0.2, 0.25) is 0 Å². The number of benzene rings is 1. The van der Waals surface area contributed by atoms with Gasteiger partial charge in [0.05, 0.1) is 22.6 Å². The average Bonchev–Trinajstić information content (AvgIpc) is 2.82. The summed E-state index contributed by atoms with van der Waals surface area (Å²) >= 11 is 1.41. The first kappa shape index (κ1) is 13.1. The molecule has 0 aliphatic heterocycles. The Bertz CT molecular complexity index is 609. The Morgan fingerprint density at radius 1 is 1.33 bits per heavy atom. The summed E-state index contributed by atoms with van der Waals surface area (Å²) in [4.78, 5) is 4.10. The molecule has 1 aromatic carbocycles. The van der Waals surface area contributed by atoms with E-state index in [2.05, 4.69) is 4.98 Å². The lowest BCUT2D eigenvalue weighted by molar-refractivity contribution is 0.463. The van der Waals surface area contributed by atoms with E-state index in [0.717, 1.165) is 12.1 Å². The lowest BCUT2D eigenvalue weighted by atomic mass is 10.4. The molecule has 0 N–H and O–H groups in total. The molecule has 0 spiro atoms. The van der Waals surface area contributed by atoms with Gasteiger partial charge in [-0.2, -0.15) is 4.31 Å². The zero-order valence-corrected chi connectivity index (χ0v) is 11.2. The van der Waals surface area contributed by atoms with Gasteiger partial charge in [-0.3, -0.25) is 0 Å². The van der Waals surface area contributed by atoms with Crippen molar-refractivity contribution in [2.24, 2.45) is 0 Å². The Morgan fingerprint density at radius 3 is 2.56 bits per heavy atom. The molecule has 1 heterocycles. The lowest BCUT2D eigenvalue weighted by Gasteiger charge is -2.15. The predicted molar refractivity (Wildman–Crippen MR) is 67.2 cm³/mol. The van der Waals surface area contributed by atoms with Crippen LogP contribution in [0.15, 0.2) is 40.1 Å². The second-order valence-corrected chi connectivity index (χ2v) is 6.46. The number of nitrogens with zero attached hydrogens (tertiary/aromatic N) is 2. The van der Waals surface area contributed by atoms with E-state index >= 15 is 0 Å². The van der Waals surface area contributed by atoms with E-state index in [9.17, 15) is 12.8 Å². The number of hydrogen-bond acceptors (Lipinski definition) is 4. The molecule has 0 radical (unpaired) electrons. The van der Waals surface area contributed by atoms with E-state index in [4.69, 9.17) is 0 Å². The normalized spacial score (nSPS) is 11.9. The predicted octanol–water partition coefficient (Wildman–Crippen LogP) is 2.10. The van der Waals surface area contributed by atoms with Crippen molar-refractivity contribution >= 4 is 21.4 Å². The van der Waals surface area contributed by atoms with Gasteiger partial charge < -0.3 is 0 Å². The average molecular weight is 286 g/mol. The Kier molecular flexibility index (Phi) is 3.74. The minimum atomic E-state index is -3.60. The molecule has 4 nitrogen and oxygen atoms in total. The van der Waals surface area contributed by atoms with E-state index in [-0.39, 0.29) is 11.4 Å². The van der Waals surface area contributed by atoms with Crippen molar-refractivity contribution in [1.82, 2.24) is 9.29 Å². The quantitative estimate of drug-likeness (QED) is 0.865. The first-order valence-corrected chi connectivity index (χ1v) is 7.47. The van der Waals surface area contributed by atoms with Crippen LogP contribution in [0.4, 0.5) is 4.39 Å². The molecule has 1 aromatic heterocycles. The Hall–Kier alpha value is -1.31. The SMILES string of the molecule is CN(Cc1cscn1)S(=O)(=O)c1ccc(F)cc1. The highest BCUT2D eigenvalue weighted by Crippen LogP contribution is 2.17. The summed E-state index contributed by atoms with van der Waals surface area (Å²) in [5, 5.41) is 1.79. The standard InChI is InChI=1S/C11H11FN2O2S2/c1-14(6-10-7-17-8-13-10)18(15,16)11-4-2-9(12)3-5-11/h2-5,7-8H,6H2,1H3.